The number of hydrogen-bond acceptors (Lipinski definition) is 7. The Balaban J connectivity index is 1.26. The molecule has 3 aromatic rings. The van der Waals surface area contributed by atoms with Gasteiger partial charge in [-0.05, 0) is 58.8 Å². The van der Waals surface area contributed by atoms with Gasteiger partial charge in [-0.1, -0.05) is 49.4 Å². The van der Waals surface area contributed by atoms with Crippen LogP contribution in [0, 0.1) is 5.41 Å². The molecular weight excluding hydrogens is 492 g/mol. The van der Waals surface area contributed by atoms with E-state index in [-0.39, 0.29) is 11.4 Å². The molecule has 182 valence electrons. The number of carbonyl (C=O) groups is 1. The van der Waals surface area contributed by atoms with E-state index in [4.69, 9.17) is 14.9 Å². The lowest BCUT2D eigenvalue weighted by Gasteiger charge is -2.20. The maximum absolute atomic E-state index is 12.6. The zero-order chi connectivity index (χ0) is 25.1. The average molecular weight is 517 g/mol. The fourth-order valence-corrected chi connectivity index (χ4v) is 5.59. The molecule has 0 saturated heterocycles. The standard InChI is InChI=1S/C27H24N4O3S2/c1-3-24-30-31-25(28)20(26(32)29-27(31)36-24)15-17-11-12-21(22(16-17)33-2)34-13-14-35-23-10-6-8-18-7-4-5-9-19(18)23/h4-12,15-16,28H,3,13-14H2,1-2H3/b20-15-,28-25?. The van der Waals surface area contributed by atoms with Crippen LogP contribution in [0.1, 0.15) is 18.9 Å². The number of hydrogen-bond donors (Lipinski definition) is 1. The van der Waals surface area contributed by atoms with Crippen molar-refractivity contribution < 1.29 is 14.3 Å². The van der Waals surface area contributed by atoms with E-state index in [1.807, 2.05) is 25.1 Å². The number of nitrogens with one attached hydrogen (secondary N) is 1. The molecule has 0 aliphatic carbocycles. The number of amides is 1. The number of hydrazone groups is 1. The van der Waals surface area contributed by atoms with Crippen molar-refractivity contribution in [1.82, 2.24) is 5.01 Å². The summed E-state index contributed by atoms with van der Waals surface area (Å²) >= 11 is 3.08. The van der Waals surface area contributed by atoms with Gasteiger partial charge in [0.25, 0.3) is 5.91 Å². The average Bonchev–Trinajstić information content (AvgIpc) is 3.32. The van der Waals surface area contributed by atoms with Gasteiger partial charge in [-0.3, -0.25) is 10.2 Å². The van der Waals surface area contributed by atoms with E-state index in [9.17, 15) is 4.79 Å². The molecule has 0 bridgehead atoms. The third kappa shape index (κ3) is 4.89. The number of nitrogens with zero attached hydrogens (tertiary/aromatic N) is 3. The van der Waals surface area contributed by atoms with Crippen molar-refractivity contribution in [3.63, 3.8) is 0 Å². The Morgan fingerprint density at radius 2 is 1.94 bits per heavy atom. The molecule has 2 aliphatic rings. The summed E-state index contributed by atoms with van der Waals surface area (Å²) < 4.78 is 11.5. The van der Waals surface area contributed by atoms with E-state index in [0.717, 1.165) is 17.2 Å². The van der Waals surface area contributed by atoms with Crippen LogP contribution >= 0.6 is 23.5 Å². The van der Waals surface area contributed by atoms with E-state index >= 15 is 0 Å². The Kier molecular flexibility index (Phi) is 7.11. The lowest BCUT2D eigenvalue weighted by molar-refractivity contribution is -0.114. The molecular formula is C27H24N4O3S2. The van der Waals surface area contributed by atoms with Crippen LogP contribution in [-0.2, 0) is 4.79 Å². The maximum Gasteiger partial charge on any atom is 0.283 e. The van der Waals surface area contributed by atoms with Gasteiger partial charge in [0.15, 0.2) is 17.3 Å². The molecule has 0 saturated carbocycles. The first-order valence-electron chi connectivity index (χ1n) is 11.5. The maximum atomic E-state index is 12.6. The molecule has 0 radical (unpaired) electrons. The smallest absolute Gasteiger partial charge is 0.283 e. The van der Waals surface area contributed by atoms with Gasteiger partial charge < -0.3 is 9.47 Å². The SMILES string of the molecule is CCC1=NN2C(=N)/C(=C/c3ccc(OCCSc4cccc5ccccc45)c(OC)c3)C(=O)N=C2S1. The van der Waals surface area contributed by atoms with Gasteiger partial charge in [0.1, 0.15) is 5.04 Å². The van der Waals surface area contributed by atoms with Crippen LogP contribution in [0.25, 0.3) is 16.8 Å². The molecule has 2 aliphatic heterocycles. The van der Waals surface area contributed by atoms with E-state index in [0.29, 0.717) is 28.8 Å². The van der Waals surface area contributed by atoms with Gasteiger partial charge in [-0.2, -0.15) is 15.1 Å². The van der Waals surface area contributed by atoms with Crippen LogP contribution in [0.5, 0.6) is 11.5 Å². The van der Waals surface area contributed by atoms with Crippen molar-refractivity contribution >= 4 is 62.3 Å². The number of thioether (sulfide) groups is 2. The summed E-state index contributed by atoms with van der Waals surface area (Å²) in [4.78, 5) is 17.9. The number of benzene rings is 3. The molecule has 7 nitrogen and oxygen atoms in total. The van der Waals surface area contributed by atoms with Crippen molar-refractivity contribution in [3.8, 4) is 11.5 Å². The van der Waals surface area contributed by atoms with Crippen molar-refractivity contribution in [1.29, 1.82) is 5.41 Å². The van der Waals surface area contributed by atoms with Gasteiger partial charge >= 0.3 is 0 Å². The van der Waals surface area contributed by atoms with Crippen LogP contribution < -0.4 is 9.47 Å². The van der Waals surface area contributed by atoms with Crippen LogP contribution in [-0.4, -0.2) is 46.4 Å². The lowest BCUT2D eigenvalue weighted by Crippen LogP contribution is -2.35. The summed E-state index contributed by atoms with van der Waals surface area (Å²) in [5.41, 5.74) is 0.894. The fraction of sp³-hybridized carbons (Fsp3) is 0.185. The minimum absolute atomic E-state index is 0.0192. The number of rotatable bonds is 8. The number of amidine groups is 2. The first-order valence-corrected chi connectivity index (χ1v) is 13.3. The molecule has 0 aromatic heterocycles. The largest absolute Gasteiger partial charge is 0.493 e. The third-order valence-electron chi connectivity index (χ3n) is 5.65. The number of fused-ring (bicyclic) bond motifs is 2. The van der Waals surface area contributed by atoms with Crippen LogP contribution in [0.4, 0.5) is 0 Å². The zero-order valence-corrected chi connectivity index (χ0v) is 21.5. The highest BCUT2D eigenvalue weighted by Gasteiger charge is 2.35. The van der Waals surface area contributed by atoms with Gasteiger partial charge in [-0.25, -0.2) is 0 Å². The highest BCUT2D eigenvalue weighted by molar-refractivity contribution is 8.26. The van der Waals surface area contributed by atoms with Crippen molar-refractivity contribution in [2.75, 3.05) is 19.5 Å². The molecule has 1 N–H and O–H groups in total. The second-order valence-corrected chi connectivity index (χ2v) is 10.1. The summed E-state index contributed by atoms with van der Waals surface area (Å²) in [7, 11) is 1.58. The lowest BCUT2D eigenvalue weighted by atomic mass is 10.1. The van der Waals surface area contributed by atoms with E-state index in [2.05, 4.69) is 46.5 Å². The minimum atomic E-state index is -0.448. The monoisotopic (exact) mass is 516 g/mol. The minimum Gasteiger partial charge on any atom is -0.493 e. The Morgan fingerprint density at radius 1 is 1.11 bits per heavy atom. The van der Waals surface area contributed by atoms with E-state index in [1.165, 1.54) is 32.4 Å². The number of ether oxygens (including phenoxy) is 2. The molecule has 0 unspecified atom stereocenters. The Hall–Kier alpha value is -3.56. The first-order chi connectivity index (χ1) is 17.6. The van der Waals surface area contributed by atoms with E-state index < -0.39 is 5.91 Å². The summed E-state index contributed by atoms with van der Waals surface area (Å²) in [6, 6.07) is 20.1. The molecule has 2 heterocycles. The molecule has 9 heteroatoms. The summed E-state index contributed by atoms with van der Waals surface area (Å²) in [5, 5.41) is 18.0. The first kappa shape index (κ1) is 24.1. The zero-order valence-electron chi connectivity index (χ0n) is 19.9. The second-order valence-electron chi connectivity index (χ2n) is 7.95. The number of aliphatic imine (C=N–C) groups is 1. The number of methoxy groups -OCH3 is 1. The van der Waals surface area contributed by atoms with Crippen molar-refractivity contribution in [3.05, 3.63) is 71.8 Å². The highest BCUT2D eigenvalue weighted by Crippen LogP contribution is 2.33. The van der Waals surface area contributed by atoms with Crippen molar-refractivity contribution in [2.24, 2.45) is 10.1 Å². The Morgan fingerprint density at radius 3 is 2.78 bits per heavy atom. The Labute approximate surface area is 217 Å². The quantitative estimate of drug-likeness (QED) is 0.223. The second kappa shape index (κ2) is 10.6. The topological polar surface area (TPSA) is 87.3 Å². The van der Waals surface area contributed by atoms with Crippen LogP contribution in [0.3, 0.4) is 0 Å². The van der Waals surface area contributed by atoms with Crippen molar-refractivity contribution in [2.45, 2.75) is 18.2 Å². The molecule has 0 atom stereocenters. The normalized spacial score (nSPS) is 16.3. The predicted octanol–water partition coefficient (Wildman–Crippen LogP) is 6.05. The summed E-state index contributed by atoms with van der Waals surface area (Å²) in [6.45, 7) is 2.49. The van der Waals surface area contributed by atoms with Gasteiger partial charge in [0.05, 0.1) is 19.3 Å². The molecule has 36 heavy (non-hydrogen) atoms. The third-order valence-corrected chi connectivity index (χ3v) is 7.74. The van der Waals surface area contributed by atoms with Crippen LogP contribution in [0.2, 0.25) is 0 Å². The van der Waals surface area contributed by atoms with E-state index in [1.54, 1.807) is 31.0 Å². The van der Waals surface area contributed by atoms with Gasteiger partial charge in [0.2, 0.25) is 5.17 Å². The molecule has 0 spiro atoms. The van der Waals surface area contributed by atoms with Gasteiger partial charge in [-0.15, -0.1) is 11.8 Å². The summed E-state index contributed by atoms with van der Waals surface area (Å²) in [5.74, 6) is 1.53. The molecule has 1 amide bonds. The highest BCUT2D eigenvalue weighted by atomic mass is 32.2. The summed E-state index contributed by atoms with van der Waals surface area (Å²) in [6.07, 6.45) is 2.36. The Bertz CT molecular complexity index is 1440. The number of carbonyl (C=O) groups excluding carboxylic acids is 1. The predicted molar refractivity (Wildman–Crippen MR) is 148 cm³/mol. The fourth-order valence-electron chi connectivity index (χ4n) is 3.86. The molecule has 3 aromatic carbocycles. The molecule has 0 fully saturated rings. The van der Waals surface area contributed by atoms with Crippen LogP contribution in [0.15, 0.2) is 81.2 Å². The van der Waals surface area contributed by atoms with Gasteiger partial charge in [0, 0.05) is 10.6 Å². The molecule has 5 rings (SSSR count).